The minimum absolute atomic E-state index is 0.00645. The van der Waals surface area contributed by atoms with Crippen LogP contribution in [0.4, 0.5) is 11.4 Å². The Hall–Kier alpha value is -3.22. The van der Waals surface area contributed by atoms with Crippen LogP contribution in [0, 0.1) is 6.92 Å². The number of aromatic nitrogens is 1. The summed E-state index contributed by atoms with van der Waals surface area (Å²) in [6.45, 7) is 5.22. The number of ether oxygens (including phenoxy) is 1. The van der Waals surface area contributed by atoms with E-state index in [1.165, 1.54) is 4.90 Å². The summed E-state index contributed by atoms with van der Waals surface area (Å²) in [7, 11) is 0. The quantitative estimate of drug-likeness (QED) is 0.777. The van der Waals surface area contributed by atoms with Crippen LogP contribution in [-0.2, 0) is 9.59 Å². The summed E-state index contributed by atoms with van der Waals surface area (Å²) in [4.78, 5) is 42.9. The predicted octanol–water partition coefficient (Wildman–Crippen LogP) is 3.13. The Balaban J connectivity index is 1.85. The molecule has 0 spiro atoms. The molecule has 1 aromatic heterocycles. The Labute approximate surface area is 163 Å². The van der Waals surface area contributed by atoms with E-state index in [-0.39, 0.29) is 24.1 Å². The van der Waals surface area contributed by atoms with Gasteiger partial charge in [-0.05, 0) is 50.6 Å². The van der Waals surface area contributed by atoms with Crippen LogP contribution in [0.2, 0.25) is 0 Å². The Morgan fingerprint density at radius 1 is 1.25 bits per heavy atom. The van der Waals surface area contributed by atoms with Crippen LogP contribution in [0.15, 0.2) is 36.5 Å². The van der Waals surface area contributed by atoms with Gasteiger partial charge < -0.3 is 10.1 Å². The molecule has 146 valence electrons. The van der Waals surface area contributed by atoms with Gasteiger partial charge in [-0.15, -0.1) is 0 Å². The number of nitrogens with zero attached hydrogens (tertiary/aromatic N) is 2. The van der Waals surface area contributed by atoms with Gasteiger partial charge in [0.25, 0.3) is 5.91 Å². The van der Waals surface area contributed by atoms with Gasteiger partial charge in [-0.3, -0.25) is 24.3 Å². The van der Waals surface area contributed by atoms with E-state index in [1.807, 2.05) is 13.8 Å². The van der Waals surface area contributed by atoms with Crippen LogP contribution in [0.1, 0.15) is 42.7 Å². The lowest BCUT2D eigenvalue weighted by Gasteiger charge is -2.32. The van der Waals surface area contributed by atoms with Gasteiger partial charge in [-0.1, -0.05) is 6.92 Å². The lowest BCUT2D eigenvalue weighted by Crippen LogP contribution is -2.47. The Morgan fingerprint density at radius 3 is 2.75 bits per heavy atom. The third-order valence-electron chi connectivity index (χ3n) is 4.45. The molecule has 1 atom stereocenters. The molecular weight excluding hydrogens is 358 g/mol. The average Bonchev–Trinajstić information content (AvgIpc) is 2.65. The monoisotopic (exact) mass is 381 g/mol. The maximum Gasteiger partial charge on any atom is 0.268 e. The van der Waals surface area contributed by atoms with Crippen LogP contribution >= 0.6 is 0 Å². The molecule has 1 aliphatic rings. The summed E-state index contributed by atoms with van der Waals surface area (Å²) in [6, 6.07) is 8.43. The van der Waals surface area contributed by atoms with Crippen molar-refractivity contribution in [1.82, 2.24) is 4.98 Å². The van der Waals surface area contributed by atoms with Gasteiger partial charge in [-0.2, -0.15) is 0 Å². The molecule has 1 N–H and O–H groups in total. The molecule has 0 saturated carbocycles. The van der Waals surface area contributed by atoms with E-state index in [2.05, 4.69) is 10.3 Å². The Bertz CT molecular complexity index is 926. The van der Waals surface area contributed by atoms with Crippen molar-refractivity contribution in [1.29, 1.82) is 0 Å². The van der Waals surface area contributed by atoms with Crippen molar-refractivity contribution in [3.63, 3.8) is 0 Å². The largest absolute Gasteiger partial charge is 0.479 e. The number of amides is 2. The van der Waals surface area contributed by atoms with Crippen molar-refractivity contribution in [2.75, 3.05) is 16.8 Å². The number of anilines is 2. The van der Waals surface area contributed by atoms with Gasteiger partial charge in [0.2, 0.25) is 5.91 Å². The number of benzene rings is 1. The molecule has 1 aliphatic heterocycles. The van der Waals surface area contributed by atoms with Crippen LogP contribution in [0.5, 0.6) is 5.75 Å². The molecule has 0 radical (unpaired) electrons. The summed E-state index contributed by atoms with van der Waals surface area (Å²) < 4.78 is 5.64. The Morgan fingerprint density at radius 2 is 2.04 bits per heavy atom. The zero-order valence-electron chi connectivity index (χ0n) is 16.2. The van der Waals surface area contributed by atoms with Crippen molar-refractivity contribution in [3.05, 3.63) is 47.8 Å². The molecule has 0 fully saturated rings. The van der Waals surface area contributed by atoms with Crippen molar-refractivity contribution < 1.29 is 19.1 Å². The molecule has 2 aromatic rings. The number of Topliss-reactive ketones (excluding diaryl/α,β-unsaturated/α-hetero) is 1. The number of ketones is 1. The second-order valence-corrected chi connectivity index (χ2v) is 6.77. The predicted molar refractivity (Wildman–Crippen MR) is 106 cm³/mol. The highest BCUT2D eigenvalue weighted by atomic mass is 16.5. The first-order valence-electron chi connectivity index (χ1n) is 9.27. The number of hydrogen-bond donors (Lipinski definition) is 1. The third-order valence-corrected chi connectivity index (χ3v) is 4.45. The number of aryl methyl sites for hydroxylation is 1. The van der Waals surface area contributed by atoms with Crippen molar-refractivity contribution in [3.8, 4) is 5.75 Å². The molecule has 0 aliphatic carbocycles. The van der Waals surface area contributed by atoms with Crippen LogP contribution < -0.4 is 15.0 Å². The molecule has 0 saturated heterocycles. The summed E-state index contributed by atoms with van der Waals surface area (Å²) in [5.41, 5.74) is 2.32. The number of pyridine rings is 1. The van der Waals surface area contributed by atoms with Crippen LogP contribution in [0.25, 0.3) is 0 Å². The summed E-state index contributed by atoms with van der Waals surface area (Å²) in [5.74, 6) is -0.196. The van der Waals surface area contributed by atoms with Crippen LogP contribution in [-0.4, -0.2) is 35.2 Å². The maximum absolute atomic E-state index is 12.7. The molecule has 2 heterocycles. The summed E-state index contributed by atoms with van der Waals surface area (Å²) in [6.07, 6.45) is 2.06. The van der Waals surface area contributed by atoms with Gasteiger partial charge in [0.1, 0.15) is 12.3 Å². The summed E-state index contributed by atoms with van der Waals surface area (Å²) >= 11 is 0. The second-order valence-electron chi connectivity index (χ2n) is 6.77. The van der Waals surface area contributed by atoms with E-state index >= 15 is 0 Å². The molecule has 1 aromatic carbocycles. The SMILES string of the molecule is CCCC(=O)c1ccc2c(c1)N(CC(=O)Nc1ccnc(C)c1)C(=O)C(C)O2. The zero-order valence-corrected chi connectivity index (χ0v) is 16.2. The van der Waals surface area contributed by atoms with Gasteiger partial charge >= 0.3 is 0 Å². The molecule has 7 heteroatoms. The van der Waals surface area contributed by atoms with E-state index in [0.29, 0.717) is 29.1 Å². The van der Waals surface area contributed by atoms with Gasteiger partial charge in [0.15, 0.2) is 11.9 Å². The fourth-order valence-electron chi connectivity index (χ4n) is 3.08. The maximum atomic E-state index is 12.7. The Kier molecular flexibility index (Phi) is 5.73. The van der Waals surface area contributed by atoms with E-state index in [9.17, 15) is 14.4 Å². The van der Waals surface area contributed by atoms with E-state index < -0.39 is 6.10 Å². The van der Waals surface area contributed by atoms with Crippen molar-refractivity contribution in [2.24, 2.45) is 0 Å². The van der Waals surface area contributed by atoms with Gasteiger partial charge in [0, 0.05) is 29.6 Å². The van der Waals surface area contributed by atoms with E-state index in [0.717, 1.165) is 12.1 Å². The third kappa shape index (κ3) is 4.19. The normalized spacial score (nSPS) is 15.6. The number of fused-ring (bicyclic) bond motifs is 1. The lowest BCUT2D eigenvalue weighted by atomic mass is 10.0. The number of hydrogen-bond acceptors (Lipinski definition) is 5. The fraction of sp³-hybridized carbons (Fsp3) is 0.333. The van der Waals surface area contributed by atoms with E-state index in [4.69, 9.17) is 4.74 Å². The minimum Gasteiger partial charge on any atom is -0.479 e. The van der Waals surface area contributed by atoms with Gasteiger partial charge in [0.05, 0.1) is 5.69 Å². The van der Waals surface area contributed by atoms with Gasteiger partial charge in [-0.25, -0.2) is 0 Å². The molecule has 1 unspecified atom stereocenters. The lowest BCUT2D eigenvalue weighted by molar-refractivity contribution is -0.127. The zero-order chi connectivity index (χ0) is 20.3. The standard InChI is InChI=1S/C21H23N3O4/c1-4-5-18(25)15-6-7-19-17(11-15)24(21(27)14(3)28-19)12-20(26)23-16-8-9-22-13(2)10-16/h6-11,14H,4-5,12H2,1-3H3,(H,22,23,26). The number of rotatable bonds is 6. The highest BCUT2D eigenvalue weighted by molar-refractivity contribution is 6.07. The van der Waals surface area contributed by atoms with Crippen molar-refractivity contribution >= 4 is 29.0 Å². The smallest absolute Gasteiger partial charge is 0.268 e. The molecule has 3 rings (SSSR count). The van der Waals surface area contributed by atoms with Crippen LogP contribution in [0.3, 0.4) is 0 Å². The molecule has 7 nitrogen and oxygen atoms in total. The summed E-state index contributed by atoms with van der Waals surface area (Å²) in [5, 5.41) is 2.77. The number of nitrogens with one attached hydrogen (secondary N) is 1. The molecular formula is C21H23N3O4. The average molecular weight is 381 g/mol. The second kappa shape index (κ2) is 8.21. The van der Waals surface area contributed by atoms with E-state index in [1.54, 1.807) is 43.5 Å². The first kappa shape index (κ1) is 19.5. The highest BCUT2D eigenvalue weighted by Gasteiger charge is 2.33. The van der Waals surface area contributed by atoms with Crippen molar-refractivity contribution in [2.45, 2.75) is 39.7 Å². The first-order chi connectivity index (χ1) is 13.4. The topological polar surface area (TPSA) is 88.6 Å². The first-order valence-corrected chi connectivity index (χ1v) is 9.27. The fourth-order valence-corrected chi connectivity index (χ4v) is 3.08. The minimum atomic E-state index is -0.708. The molecule has 0 bridgehead atoms. The number of carbonyl (C=O) groups excluding carboxylic acids is 3. The molecule has 28 heavy (non-hydrogen) atoms. The number of carbonyl (C=O) groups is 3. The molecule has 2 amide bonds. The highest BCUT2D eigenvalue weighted by Crippen LogP contribution is 2.35.